The fourth-order valence-electron chi connectivity index (χ4n) is 1.18. The van der Waals surface area contributed by atoms with E-state index >= 15 is 0 Å². The fourth-order valence-corrected chi connectivity index (χ4v) is 1.18. The summed E-state index contributed by atoms with van der Waals surface area (Å²) in [4.78, 5) is 15.0. The van der Waals surface area contributed by atoms with Crippen molar-refractivity contribution < 1.29 is 22.7 Å². The normalized spacial score (nSPS) is 12.3. The number of ether oxygens (including phenoxy) is 1. The average Bonchev–Trinajstić information content (AvgIpc) is 2.35. The molecule has 1 aromatic rings. The number of aromatic nitrogens is 1. The standard InChI is InChI=1S/C12H15F3N2O2/c1-11(2,19-3)10(18)17-7-8-4-5-9(16-6-8)12(13,14)15/h4-6H,7H2,1-3H3,(H,17,18). The Morgan fingerprint density at radius 3 is 2.42 bits per heavy atom. The third-order valence-electron chi connectivity index (χ3n) is 2.63. The molecule has 106 valence electrons. The van der Waals surface area contributed by atoms with Crippen molar-refractivity contribution in [3.8, 4) is 0 Å². The zero-order valence-corrected chi connectivity index (χ0v) is 10.8. The lowest BCUT2D eigenvalue weighted by atomic mass is 10.1. The number of rotatable bonds is 4. The minimum atomic E-state index is -4.46. The first-order valence-corrected chi connectivity index (χ1v) is 5.52. The first-order valence-electron chi connectivity index (χ1n) is 5.52. The van der Waals surface area contributed by atoms with Crippen LogP contribution in [-0.2, 0) is 22.3 Å². The summed E-state index contributed by atoms with van der Waals surface area (Å²) in [5.74, 6) is -0.352. The number of carbonyl (C=O) groups is 1. The van der Waals surface area contributed by atoms with Gasteiger partial charge >= 0.3 is 6.18 Å². The van der Waals surface area contributed by atoms with Crippen LogP contribution in [0.25, 0.3) is 0 Å². The van der Waals surface area contributed by atoms with E-state index in [1.54, 1.807) is 13.8 Å². The van der Waals surface area contributed by atoms with Crippen molar-refractivity contribution in [2.45, 2.75) is 32.2 Å². The Labute approximate surface area is 109 Å². The molecule has 1 rings (SSSR count). The molecule has 4 nitrogen and oxygen atoms in total. The van der Waals surface area contributed by atoms with Crippen molar-refractivity contribution in [2.75, 3.05) is 7.11 Å². The summed E-state index contributed by atoms with van der Waals surface area (Å²) in [7, 11) is 1.40. The second kappa shape index (κ2) is 5.56. The van der Waals surface area contributed by atoms with Crippen molar-refractivity contribution >= 4 is 5.91 Å². The molecule has 1 aromatic heterocycles. The Bertz CT molecular complexity index is 441. The molecule has 0 aromatic carbocycles. The van der Waals surface area contributed by atoms with Crippen molar-refractivity contribution in [3.63, 3.8) is 0 Å². The van der Waals surface area contributed by atoms with E-state index in [1.165, 1.54) is 13.2 Å². The molecule has 1 N–H and O–H groups in total. The Kier molecular flexibility index (Phi) is 4.52. The van der Waals surface area contributed by atoms with Crippen LogP contribution in [0.15, 0.2) is 18.3 Å². The molecule has 0 aliphatic heterocycles. The van der Waals surface area contributed by atoms with Gasteiger partial charge in [-0.1, -0.05) is 6.07 Å². The Hall–Kier alpha value is -1.63. The summed E-state index contributed by atoms with van der Waals surface area (Å²) in [6, 6.07) is 2.15. The first kappa shape index (κ1) is 15.4. The number of pyridine rings is 1. The van der Waals surface area contributed by atoms with Crippen molar-refractivity contribution in [3.05, 3.63) is 29.6 Å². The van der Waals surface area contributed by atoms with Gasteiger partial charge in [0.2, 0.25) is 0 Å². The second-order valence-corrected chi connectivity index (χ2v) is 4.45. The summed E-state index contributed by atoms with van der Waals surface area (Å²) >= 11 is 0. The number of amides is 1. The predicted octanol–water partition coefficient (Wildman–Crippen LogP) is 2.14. The lowest BCUT2D eigenvalue weighted by Gasteiger charge is -2.21. The van der Waals surface area contributed by atoms with E-state index in [0.717, 1.165) is 12.3 Å². The van der Waals surface area contributed by atoms with Gasteiger partial charge in [0.05, 0.1) is 0 Å². The van der Waals surface area contributed by atoms with Gasteiger partial charge in [-0.15, -0.1) is 0 Å². The van der Waals surface area contributed by atoms with Gasteiger partial charge in [0.15, 0.2) is 0 Å². The maximum atomic E-state index is 12.3. The van der Waals surface area contributed by atoms with Crippen molar-refractivity contribution in [1.29, 1.82) is 0 Å². The van der Waals surface area contributed by atoms with E-state index in [4.69, 9.17) is 4.74 Å². The SMILES string of the molecule is COC(C)(C)C(=O)NCc1ccc(C(F)(F)F)nc1. The van der Waals surface area contributed by atoms with Crippen LogP contribution in [-0.4, -0.2) is 23.6 Å². The van der Waals surface area contributed by atoms with Crippen LogP contribution in [0.3, 0.4) is 0 Å². The maximum absolute atomic E-state index is 12.3. The predicted molar refractivity (Wildman–Crippen MR) is 62.2 cm³/mol. The van der Waals surface area contributed by atoms with Gasteiger partial charge in [0, 0.05) is 19.9 Å². The molecule has 1 amide bonds. The summed E-state index contributed by atoms with van der Waals surface area (Å²) in [5, 5.41) is 2.56. The van der Waals surface area contributed by atoms with Crippen molar-refractivity contribution in [1.82, 2.24) is 10.3 Å². The largest absolute Gasteiger partial charge is 0.433 e. The summed E-state index contributed by atoms with van der Waals surface area (Å²) in [6.45, 7) is 3.28. The number of hydrogen-bond acceptors (Lipinski definition) is 3. The number of halogens is 3. The van der Waals surface area contributed by atoms with Gasteiger partial charge in [-0.3, -0.25) is 9.78 Å². The zero-order valence-electron chi connectivity index (χ0n) is 10.8. The molecule has 0 saturated heterocycles. The van der Waals surface area contributed by atoms with Crippen LogP contribution < -0.4 is 5.32 Å². The molecule has 0 bridgehead atoms. The molecule has 19 heavy (non-hydrogen) atoms. The monoisotopic (exact) mass is 276 g/mol. The Morgan fingerprint density at radius 2 is 2.00 bits per heavy atom. The number of methoxy groups -OCH3 is 1. The molecule has 0 aliphatic rings. The Balaban J connectivity index is 2.63. The topological polar surface area (TPSA) is 51.2 Å². The zero-order chi connectivity index (χ0) is 14.7. The van der Waals surface area contributed by atoms with Gasteiger partial charge in [0.1, 0.15) is 11.3 Å². The highest BCUT2D eigenvalue weighted by Crippen LogP contribution is 2.27. The number of nitrogens with one attached hydrogen (secondary N) is 1. The van der Waals surface area contributed by atoms with Gasteiger partial charge in [-0.2, -0.15) is 13.2 Å². The maximum Gasteiger partial charge on any atom is 0.433 e. The molecule has 0 radical (unpaired) electrons. The second-order valence-electron chi connectivity index (χ2n) is 4.45. The van der Waals surface area contributed by atoms with E-state index in [-0.39, 0.29) is 12.5 Å². The van der Waals surface area contributed by atoms with Gasteiger partial charge in [0.25, 0.3) is 5.91 Å². The molecule has 0 atom stereocenters. The molecule has 0 spiro atoms. The first-order chi connectivity index (χ1) is 8.66. The van der Waals surface area contributed by atoms with Gasteiger partial charge < -0.3 is 10.1 Å². The molecule has 0 aliphatic carbocycles. The smallest absolute Gasteiger partial charge is 0.369 e. The van der Waals surface area contributed by atoms with Crippen LogP contribution >= 0.6 is 0 Å². The lowest BCUT2D eigenvalue weighted by molar-refractivity contribution is -0.141. The van der Waals surface area contributed by atoms with Crippen LogP contribution in [0.4, 0.5) is 13.2 Å². The summed E-state index contributed by atoms with van der Waals surface area (Å²) in [5.41, 5.74) is -1.47. The third-order valence-corrected chi connectivity index (χ3v) is 2.63. The van der Waals surface area contributed by atoms with Crippen LogP contribution in [0, 0.1) is 0 Å². The van der Waals surface area contributed by atoms with E-state index in [0.29, 0.717) is 5.56 Å². The molecule has 7 heteroatoms. The van der Waals surface area contributed by atoms with Crippen molar-refractivity contribution in [2.24, 2.45) is 0 Å². The summed E-state index contributed by atoms with van der Waals surface area (Å²) in [6.07, 6.45) is -3.37. The average molecular weight is 276 g/mol. The van der Waals surface area contributed by atoms with E-state index in [2.05, 4.69) is 10.3 Å². The lowest BCUT2D eigenvalue weighted by Crippen LogP contribution is -2.43. The van der Waals surface area contributed by atoms with E-state index in [9.17, 15) is 18.0 Å². The minimum absolute atomic E-state index is 0.0940. The van der Waals surface area contributed by atoms with Crippen LogP contribution in [0.2, 0.25) is 0 Å². The highest BCUT2D eigenvalue weighted by Gasteiger charge is 2.32. The van der Waals surface area contributed by atoms with Gasteiger partial charge in [-0.05, 0) is 25.5 Å². The molecule has 0 unspecified atom stereocenters. The molecule has 0 fully saturated rings. The minimum Gasteiger partial charge on any atom is -0.369 e. The Morgan fingerprint density at radius 1 is 1.37 bits per heavy atom. The van der Waals surface area contributed by atoms with E-state index in [1.807, 2.05) is 0 Å². The third kappa shape index (κ3) is 4.20. The number of carbonyl (C=O) groups excluding carboxylic acids is 1. The molecule has 1 heterocycles. The van der Waals surface area contributed by atoms with Gasteiger partial charge in [-0.25, -0.2) is 0 Å². The fraction of sp³-hybridized carbons (Fsp3) is 0.500. The number of nitrogens with zero attached hydrogens (tertiary/aromatic N) is 1. The molecular weight excluding hydrogens is 261 g/mol. The van der Waals surface area contributed by atoms with E-state index < -0.39 is 17.5 Å². The number of alkyl halides is 3. The highest BCUT2D eigenvalue weighted by molar-refractivity contribution is 5.84. The van der Waals surface area contributed by atoms with Crippen LogP contribution in [0.1, 0.15) is 25.1 Å². The molecular formula is C12H15F3N2O2. The van der Waals surface area contributed by atoms with Crippen LogP contribution in [0.5, 0.6) is 0 Å². The number of hydrogen-bond donors (Lipinski definition) is 1. The summed E-state index contributed by atoms with van der Waals surface area (Å²) < 4.78 is 41.8. The molecule has 0 saturated carbocycles. The highest BCUT2D eigenvalue weighted by atomic mass is 19.4. The quantitative estimate of drug-likeness (QED) is 0.916.